The molecule has 8 aromatic carbocycles. The highest BCUT2D eigenvalue weighted by molar-refractivity contribution is 6.23. The first kappa shape index (κ1) is 32.7. The fourth-order valence-electron chi connectivity index (χ4n) is 8.93. The van der Waals surface area contributed by atoms with Gasteiger partial charge in [0.15, 0.2) is 17.2 Å². The van der Waals surface area contributed by atoms with Crippen LogP contribution in [0.1, 0.15) is 0 Å². The number of nitrogens with zero attached hydrogens (tertiary/aromatic N) is 6. The summed E-state index contributed by atoms with van der Waals surface area (Å²) in [7, 11) is 0. The van der Waals surface area contributed by atoms with Gasteiger partial charge in [-0.15, -0.1) is 0 Å². The third kappa shape index (κ3) is 4.85. The highest BCUT2D eigenvalue weighted by atomic mass is 16.3. The van der Waals surface area contributed by atoms with E-state index in [1.165, 1.54) is 0 Å². The van der Waals surface area contributed by atoms with E-state index < -0.39 is 0 Å². The van der Waals surface area contributed by atoms with E-state index in [-0.39, 0.29) is 0 Å². The number of aromatic nitrogens is 6. The van der Waals surface area contributed by atoms with Crippen LogP contribution < -0.4 is 0 Å². The second kappa shape index (κ2) is 12.6. The predicted octanol–water partition coefficient (Wildman–Crippen LogP) is 13.1. The fourth-order valence-corrected chi connectivity index (χ4v) is 8.93. The van der Waals surface area contributed by atoms with Crippen molar-refractivity contribution in [2.75, 3.05) is 0 Å². The summed E-state index contributed by atoms with van der Waals surface area (Å²) in [5.41, 5.74) is 11.0. The number of para-hydroxylation sites is 5. The van der Waals surface area contributed by atoms with Gasteiger partial charge in [-0.2, -0.15) is 9.97 Å². The Morgan fingerprint density at radius 2 is 0.967 bits per heavy atom. The molecule has 60 heavy (non-hydrogen) atoms. The van der Waals surface area contributed by atoms with E-state index in [0.29, 0.717) is 23.5 Å². The molecule has 13 aromatic rings. The number of oxazole rings is 1. The zero-order valence-corrected chi connectivity index (χ0v) is 31.8. The van der Waals surface area contributed by atoms with Crippen molar-refractivity contribution in [3.05, 3.63) is 182 Å². The summed E-state index contributed by atoms with van der Waals surface area (Å²) in [5.74, 6) is 2.24. The molecule has 0 bridgehead atoms. The molecule has 5 aromatic heterocycles. The summed E-state index contributed by atoms with van der Waals surface area (Å²) >= 11 is 0. The molecule has 8 heteroatoms. The molecule has 8 nitrogen and oxygen atoms in total. The maximum Gasteiger partial charge on any atom is 0.238 e. The van der Waals surface area contributed by atoms with Crippen molar-refractivity contribution in [3.63, 3.8) is 0 Å². The van der Waals surface area contributed by atoms with Crippen molar-refractivity contribution in [1.29, 1.82) is 0 Å². The lowest BCUT2D eigenvalue weighted by Crippen LogP contribution is -2.07. The molecule has 0 aliphatic carbocycles. The van der Waals surface area contributed by atoms with Crippen molar-refractivity contribution in [2.45, 2.75) is 0 Å². The second-order valence-electron chi connectivity index (χ2n) is 15.1. The third-order valence-electron chi connectivity index (χ3n) is 11.6. The van der Waals surface area contributed by atoms with Gasteiger partial charge in [0.1, 0.15) is 16.7 Å². The maximum absolute atomic E-state index is 6.27. The van der Waals surface area contributed by atoms with Gasteiger partial charge in [0.2, 0.25) is 11.8 Å². The molecule has 0 aliphatic heterocycles. The lowest BCUT2D eigenvalue weighted by atomic mass is 10.1. The summed E-state index contributed by atoms with van der Waals surface area (Å²) in [6, 6.07) is 62.3. The molecular weight excluding hydrogens is 741 g/mol. The Hall–Kier alpha value is -8.36. The first-order valence-electron chi connectivity index (χ1n) is 19.9. The smallest absolute Gasteiger partial charge is 0.238 e. The molecule has 0 fully saturated rings. The summed E-state index contributed by atoms with van der Waals surface area (Å²) in [6.45, 7) is 0. The van der Waals surface area contributed by atoms with Gasteiger partial charge in [0.25, 0.3) is 0 Å². The average Bonchev–Trinajstić information content (AvgIpc) is 4.08. The van der Waals surface area contributed by atoms with Crippen LogP contribution in [0.15, 0.2) is 191 Å². The molecule has 0 unspecified atom stereocenters. The van der Waals surface area contributed by atoms with Crippen molar-refractivity contribution in [1.82, 2.24) is 29.1 Å². The van der Waals surface area contributed by atoms with Crippen LogP contribution in [-0.2, 0) is 0 Å². The third-order valence-corrected chi connectivity index (χ3v) is 11.6. The van der Waals surface area contributed by atoms with Crippen LogP contribution in [0.3, 0.4) is 0 Å². The van der Waals surface area contributed by atoms with E-state index in [1.54, 1.807) is 0 Å². The number of hydrogen-bond donors (Lipinski definition) is 0. The van der Waals surface area contributed by atoms with Crippen LogP contribution in [0.5, 0.6) is 0 Å². The Bertz CT molecular complexity index is 3820. The molecule has 280 valence electrons. The molecule has 0 spiro atoms. The van der Waals surface area contributed by atoms with Gasteiger partial charge in [-0.1, -0.05) is 115 Å². The molecular formula is C52H30N6O2. The van der Waals surface area contributed by atoms with E-state index >= 15 is 0 Å². The van der Waals surface area contributed by atoms with Crippen LogP contribution in [0.25, 0.3) is 123 Å². The van der Waals surface area contributed by atoms with Gasteiger partial charge < -0.3 is 13.4 Å². The van der Waals surface area contributed by atoms with E-state index in [1.807, 2.05) is 84.9 Å². The highest BCUT2D eigenvalue weighted by Crippen LogP contribution is 2.42. The number of fused-ring (bicyclic) bond motifs is 11. The SMILES string of the molecule is c1ccc(-c2nc(-c3ccc4oc5ccccc5c4c3)nc(-n3c4ccccc4c4ccc5c6ccccc6n(-c6cccc(-c7nc8ccccc8o7)c6)c5c43)n2)cc1. The van der Waals surface area contributed by atoms with Crippen LogP contribution in [0.4, 0.5) is 0 Å². The van der Waals surface area contributed by atoms with Crippen LogP contribution in [-0.4, -0.2) is 29.1 Å². The average molecular weight is 771 g/mol. The molecule has 0 N–H and O–H groups in total. The first-order valence-corrected chi connectivity index (χ1v) is 19.9. The van der Waals surface area contributed by atoms with Crippen molar-refractivity contribution in [3.8, 4) is 45.9 Å². The lowest BCUT2D eigenvalue weighted by molar-refractivity contribution is 0.620. The molecule has 0 saturated heterocycles. The van der Waals surface area contributed by atoms with Crippen LogP contribution in [0, 0.1) is 0 Å². The minimum absolute atomic E-state index is 0.520. The molecule has 0 amide bonds. The minimum atomic E-state index is 0.520. The van der Waals surface area contributed by atoms with E-state index in [2.05, 4.69) is 106 Å². The number of hydrogen-bond acceptors (Lipinski definition) is 6. The Morgan fingerprint density at radius 1 is 0.350 bits per heavy atom. The van der Waals surface area contributed by atoms with Crippen molar-refractivity contribution in [2.24, 2.45) is 0 Å². The Morgan fingerprint density at radius 3 is 1.75 bits per heavy atom. The Balaban J connectivity index is 1.12. The fraction of sp³-hybridized carbons (Fsp3) is 0. The van der Waals surface area contributed by atoms with E-state index in [9.17, 15) is 0 Å². The standard InChI is InChI=1S/C52H30N6O2/c1-2-13-31(14-3-1)49-54-50(32-25-28-45-40(30-32)37-19-6-10-23-44(37)59-45)56-52(55-49)58-43-22-9-5-18-36(43)39-27-26-38-35-17-4-8-21-42(35)57(47(38)48(39)58)34-16-12-15-33(29-34)51-53-41-20-7-11-24-46(41)60-51/h1-30H. The van der Waals surface area contributed by atoms with Gasteiger partial charge in [-0.05, 0) is 66.7 Å². The Kier molecular flexibility index (Phi) is 6.85. The maximum atomic E-state index is 6.27. The van der Waals surface area contributed by atoms with Crippen LogP contribution >= 0.6 is 0 Å². The zero-order chi connectivity index (χ0) is 39.3. The topological polar surface area (TPSA) is 87.7 Å². The monoisotopic (exact) mass is 770 g/mol. The first-order chi connectivity index (χ1) is 29.7. The normalized spacial score (nSPS) is 12.0. The van der Waals surface area contributed by atoms with Gasteiger partial charge in [0, 0.05) is 54.7 Å². The largest absolute Gasteiger partial charge is 0.456 e. The second-order valence-corrected chi connectivity index (χ2v) is 15.1. The summed E-state index contributed by atoms with van der Waals surface area (Å²) < 4.78 is 17.1. The number of furan rings is 1. The molecule has 0 saturated carbocycles. The van der Waals surface area contributed by atoms with Gasteiger partial charge >= 0.3 is 0 Å². The zero-order valence-electron chi connectivity index (χ0n) is 31.8. The lowest BCUT2D eigenvalue weighted by Gasteiger charge is -2.13. The van der Waals surface area contributed by atoms with Crippen LogP contribution in [0.2, 0.25) is 0 Å². The predicted molar refractivity (Wildman–Crippen MR) is 240 cm³/mol. The van der Waals surface area contributed by atoms with E-state index in [4.69, 9.17) is 28.8 Å². The van der Waals surface area contributed by atoms with E-state index in [0.717, 1.165) is 99.0 Å². The quantitative estimate of drug-likeness (QED) is 0.173. The summed E-state index contributed by atoms with van der Waals surface area (Å²) in [6.07, 6.45) is 0. The molecule has 5 heterocycles. The highest BCUT2D eigenvalue weighted by Gasteiger charge is 2.24. The number of rotatable bonds is 5. The van der Waals surface area contributed by atoms with Gasteiger partial charge in [-0.3, -0.25) is 4.57 Å². The molecule has 0 aliphatic rings. The Labute approximate surface area is 341 Å². The summed E-state index contributed by atoms with van der Waals surface area (Å²) in [5, 5.41) is 6.50. The van der Waals surface area contributed by atoms with Gasteiger partial charge in [0.05, 0.1) is 22.1 Å². The minimum Gasteiger partial charge on any atom is -0.456 e. The van der Waals surface area contributed by atoms with Crippen molar-refractivity contribution < 1.29 is 8.83 Å². The molecule has 0 atom stereocenters. The number of benzene rings is 8. The summed E-state index contributed by atoms with van der Waals surface area (Å²) in [4.78, 5) is 20.7. The molecule has 0 radical (unpaired) electrons. The van der Waals surface area contributed by atoms with Gasteiger partial charge in [-0.25, -0.2) is 9.97 Å². The van der Waals surface area contributed by atoms with Crippen molar-refractivity contribution >= 4 is 76.6 Å². The molecule has 13 rings (SSSR count).